The lowest BCUT2D eigenvalue weighted by Gasteiger charge is -2.06. The number of nitrogens with zero attached hydrogens (tertiary/aromatic N) is 2. The van der Waals surface area contributed by atoms with Gasteiger partial charge in [0.2, 0.25) is 11.0 Å². The molecule has 0 saturated heterocycles. The molecule has 0 aliphatic heterocycles. The number of benzene rings is 1. The van der Waals surface area contributed by atoms with Gasteiger partial charge in [0.05, 0.1) is 13.0 Å². The second-order valence-corrected chi connectivity index (χ2v) is 5.38. The first-order valence-electron chi connectivity index (χ1n) is 6.49. The average molecular weight is 291 g/mol. The number of aryl methyl sites for hydroxylation is 2. The van der Waals surface area contributed by atoms with Crippen LogP contribution in [0.2, 0.25) is 0 Å². The Balaban J connectivity index is 1.75. The molecular weight excluding hydrogens is 274 g/mol. The second-order valence-electron chi connectivity index (χ2n) is 4.32. The van der Waals surface area contributed by atoms with E-state index in [4.69, 9.17) is 4.74 Å². The second kappa shape index (κ2) is 7.00. The molecular formula is C14H17N3O2S. The summed E-state index contributed by atoms with van der Waals surface area (Å²) in [7, 11) is 0. The maximum Gasteiger partial charge on any atom is 0.229 e. The van der Waals surface area contributed by atoms with Crippen molar-refractivity contribution in [2.75, 3.05) is 11.9 Å². The maximum atomic E-state index is 11.7. The van der Waals surface area contributed by atoms with Gasteiger partial charge in [-0.25, -0.2) is 0 Å². The summed E-state index contributed by atoms with van der Waals surface area (Å²) in [4.78, 5) is 11.7. The first-order valence-corrected chi connectivity index (χ1v) is 7.30. The lowest BCUT2D eigenvalue weighted by atomic mass is 10.2. The molecule has 2 aromatic rings. The average Bonchev–Trinajstić information content (AvgIpc) is 2.86. The smallest absolute Gasteiger partial charge is 0.229 e. The van der Waals surface area contributed by atoms with Crippen LogP contribution in [0.25, 0.3) is 0 Å². The number of rotatable bonds is 6. The van der Waals surface area contributed by atoms with Gasteiger partial charge in [0.25, 0.3) is 0 Å². The quantitative estimate of drug-likeness (QED) is 0.889. The Kier molecular flexibility index (Phi) is 5.06. The maximum absolute atomic E-state index is 11.7. The molecule has 0 saturated carbocycles. The van der Waals surface area contributed by atoms with E-state index >= 15 is 0 Å². The van der Waals surface area contributed by atoms with E-state index in [9.17, 15) is 4.79 Å². The Morgan fingerprint density at radius 2 is 2.25 bits per heavy atom. The molecule has 0 fully saturated rings. The highest BCUT2D eigenvalue weighted by Crippen LogP contribution is 2.16. The zero-order valence-corrected chi connectivity index (χ0v) is 12.4. The minimum absolute atomic E-state index is 0.114. The van der Waals surface area contributed by atoms with Crippen LogP contribution in [0.5, 0.6) is 5.75 Å². The molecule has 0 atom stereocenters. The molecule has 1 N–H and O–H groups in total. The number of amides is 1. The highest BCUT2D eigenvalue weighted by molar-refractivity contribution is 7.15. The number of nitrogens with one attached hydrogen (secondary N) is 1. The standard InChI is InChI=1S/C14H17N3O2S/c1-3-13-16-17-14(20-13)15-12(18)7-8-19-11-6-4-5-10(2)9-11/h4-6,9H,3,7-8H2,1-2H3,(H,15,17,18). The first kappa shape index (κ1) is 14.5. The lowest BCUT2D eigenvalue weighted by molar-refractivity contribution is -0.116. The Hall–Kier alpha value is -1.95. The van der Waals surface area contributed by atoms with Crippen molar-refractivity contribution in [3.05, 3.63) is 34.8 Å². The fourth-order valence-corrected chi connectivity index (χ4v) is 2.29. The minimum Gasteiger partial charge on any atom is -0.493 e. The van der Waals surface area contributed by atoms with Gasteiger partial charge in [0, 0.05) is 0 Å². The largest absolute Gasteiger partial charge is 0.493 e. The normalized spacial score (nSPS) is 10.3. The molecule has 1 aromatic carbocycles. The van der Waals surface area contributed by atoms with Gasteiger partial charge in [-0.3, -0.25) is 4.79 Å². The SMILES string of the molecule is CCc1nnc(NC(=O)CCOc2cccc(C)c2)s1. The Morgan fingerprint density at radius 3 is 2.95 bits per heavy atom. The third-order valence-corrected chi connectivity index (χ3v) is 3.59. The predicted octanol–water partition coefficient (Wildman–Crippen LogP) is 2.82. The Bertz CT molecular complexity index is 583. The molecule has 0 aliphatic rings. The van der Waals surface area contributed by atoms with Crippen molar-refractivity contribution >= 4 is 22.4 Å². The molecule has 106 valence electrons. The van der Waals surface area contributed by atoms with E-state index in [1.54, 1.807) is 0 Å². The summed E-state index contributed by atoms with van der Waals surface area (Å²) in [5.41, 5.74) is 1.13. The van der Waals surface area contributed by atoms with Crippen molar-refractivity contribution in [2.24, 2.45) is 0 Å². The summed E-state index contributed by atoms with van der Waals surface area (Å²) in [5.74, 6) is 0.665. The summed E-state index contributed by atoms with van der Waals surface area (Å²) in [6, 6.07) is 7.75. The van der Waals surface area contributed by atoms with Crippen molar-refractivity contribution in [3.8, 4) is 5.75 Å². The van der Waals surface area contributed by atoms with Crippen LogP contribution >= 0.6 is 11.3 Å². The van der Waals surface area contributed by atoms with Crippen LogP contribution in [0.3, 0.4) is 0 Å². The number of carbonyl (C=O) groups excluding carboxylic acids is 1. The molecule has 1 aromatic heterocycles. The Morgan fingerprint density at radius 1 is 1.40 bits per heavy atom. The van der Waals surface area contributed by atoms with Gasteiger partial charge in [0.1, 0.15) is 10.8 Å². The van der Waals surface area contributed by atoms with Gasteiger partial charge in [-0.1, -0.05) is 30.4 Å². The van der Waals surface area contributed by atoms with Crippen LogP contribution in [0, 0.1) is 6.92 Å². The van der Waals surface area contributed by atoms with Crippen LogP contribution in [0.4, 0.5) is 5.13 Å². The van der Waals surface area contributed by atoms with Gasteiger partial charge in [-0.2, -0.15) is 0 Å². The molecule has 0 spiro atoms. The van der Waals surface area contributed by atoms with E-state index in [0.29, 0.717) is 11.7 Å². The van der Waals surface area contributed by atoms with Gasteiger partial charge in [-0.15, -0.1) is 10.2 Å². The van der Waals surface area contributed by atoms with E-state index in [-0.39, 0.29) is 12.3 Å². The molecule has 5 nitrogen and oxygen atoms in total. The molecule has 0 bridgehead atoms. The van der Waals surface area contributed by atoms with Gasteiger partial charge >= 0.3 is 0 Å². The zero-order chi connectivity index (χ0) is 14.4. The number of anilines is 1. The van der Waals surface area contributed by atoms with E-state index in [1.807, 2.05) is 38.1 Å². The molecule has 1 amide bonds. The van der Waals surface area contributed by atoms with Crippen LogP contribution in [0.15, 0.2) is 24.3 Å². The highest BCUT2D eigenvalue weighted by Gasteiger charge is 2.07. The first-order chi connectivity index (χ1) is 9.67. The molecule has 0 radical (unpaired) electrons. The van der Waals surface area contributed by atoms with E-state index in [1.165, 1.54) is 11.3 Å². The predicted molar refractivity (Wildman–Crippen MR) is 79.2 cm³/mol. The fourth-order valence-electron chi connectivity index (χ4n) is 1.60. The minimum atomic E-state index is -0.114. The third kappa shape index (κ3) is 4.31. The van der Waals surface area contributed by atoms with Crippen molar-refractivity contribution in [1.82, 2.24) is 10.2 Å². The van der Waals surface area contributed by atoms with Crippen LogP contribution < -0.4 is 10.1 Å². The van der Waals surface area contributed by atoms with Crippen LogP contribution in [0.1, 0.15) is 23.9 Å². The third-order valence-electron chi connectivity index (χ3n) is 2.60. The molecule has 2 rings (SSSR count). The van der Waals surface area contributed by atoms with Crippen molar-refractivity contribution < 1.29 is 9.53 Å². The number of ether oxygens (including phenoxy) is 1. The number of hydrogen-bond acceptors (Lipinski definition) is 5. The number of aromatic nitrogens is 2. The van der Waals surface area contributed by atoms with Gasteiger partial charge in [0.15, 0.2) is 0 Å². The molecule has 0 unspecified atom stereocenters. The van der Waals surface area contributed by atoms with Crippen LogP contribution in [-0.4, -0.2) is 22.7 Å². The van der Waals surface area contributed by atoms with Crippen molar-refractivity contribution in [1.29, 1.82) is 0 Å². The molecule has 1 heterocycles. The number of carbonyl (C=O) groups is 1. The van der Waals surface area contributed by atoms with Gasteiger partial charge < -0.3 is 10.1 Å². The van der Waals surface area contributed by atoms with E-state index in [0.717, 1.165) is 22.7 Å². The Labute approximate surface area is 122 Å². The molecule has 6 heteroatoms. The lowest BCUT2D eigenvalue weighted by Crippen LogP contribution is -2.15. The van der Waals surface area contributed by atoms with Crippen molar-refractivity contribution in [2.45, 2.75) is 26.7 Å². The topological polar surface area (TPSA) is 64.1 Å². The summed E-state index contributed by atoms with van der Waals surface area (Å²) in [5, 5.41) is 12.0. The van der Waals surface area contributed by atoms with Crippen LogP contribution in [-0.2, 0) is 11.2 Å². The van der Waals surface area contributed by atoms with E-state index < -0.39 is 0 Å². The summed E-state index contributed by atoms with van der Waals surface area (Å²) in [6.07, 6.45) is 1.11. The van der Waals surface area contributed by atoms with Gasteiger partial charge in [-0.05, 0) is 31.0 Å². The summed E-state index contributed by atoms with van der Waals surface area (Å²) in [6.45, 7) is 4.34. The monoisotopic (exact) mass is 291 g/mol. The summed E-state index contributed by atoms with van der Waals surface area (Å²) >= 11 is 1.40. The molecule has 20 heavy (non-hydrogen) atoms. The highest BCUT2D eigenvalue weighted by atomic mass is 32.1. The van der Waals surface area contributed by atoms with Crippen molar-refractivity contribution in [3.63, 3.8) is 0 Å². The zero-order valence-electron chi connectivity index (χ0n) is 11.5. The van der Waals surface area contributed by atoms with E-state index in [2.05, 4.69) is 15.5 Å². The number of hydrogen-bond donors (Lipinski definition) is 1. The molecule has 0 aliphatic carbocycles. The fraction of sp³-hybridized carbons (Fsp3) is 0.357. The summed E-state index contributed by atoms with van der Waals surface area (Å²) < 4.78 is 5.53.